The van der Waals surface area contributed by atoms with Gasteiger partial charge in [-0.25, -0.2) is 0 Å². The highest BCUT2D eigenvalue weighted by Gasteiger charge is 2.15. The van der Waals surface area contributed by atoms with Crippen LogP contribution in [0.15, 0.2) is 0 Å². The standard InChI is InChI=1S/C21H45N/c1-4-6-7-8-9-10-11-12-13-14-15-16-17-18-20-21(3,22)19-5-2/h4-20,22H2,1-3H3. The van der Waals surface area contributed by atoms with Crippen molar-refractivity contribution >= 4 is 0 Å². The Kier molecular flexibility index (Phi) is 15.8. The molecule has 22 heavy (non-hydrogen) atoms. The van der Waals surface area contributed by atoms with Crippen LogP contribution in [0.1, 0.15) is 130 Å². The molecule has 1 unspecified atom stereocenters. The van der Waals surface area contributed by atoms with E-state index in [1.807, 2.05) is 0 Å². The van der Waals surface area contributed by atoms with Crippen LogP contribution in [0.2, 0.25) is 0 Å². The maximum Gasteiger partial charge on any atom is 0.0125 e. The van der Waals surface area contributed by atoms with E-state index in [1.165, 1.54) is 109 Å². The van der Waals surface area contributed by atoms with Gasteiger partial charge in [0.2, 0.25) is 0 Å². The number of rotatable bonds is 17. The molecule has 0 aliphatic carbocycles. The van der Waals surface area contributed by atoms with E-state index in [2.05, 4.69) is 20.8 Å². The molecule has 1 heteroatoms. The van der Waals surface area contributed by atoms with Gasteiger partial charge in [0.25, 0.3) is 0 Å². The first-order valence-electron chi connectivity index (χ1n) is 10.4. The molecule has 0 rings (SSSR count). The molecule has 0 heterocycles. The topological polar surface area (TPSA) is 26.0 Å². The number of hydrogen-bond acceptors (Lipinski definition) is 1. The molecule has 0 radical (unpaired) electrons. The van der Waals surface area contributed by atoms with Gasteiger partial charge >= 0.3 is 0 Å². The van der Waals surface area contributed by atoms with Gasteiger partial charge < -0.3 is 5.73 Å². The molecule has 0 aromatic carbocycles. The van der Waals surface area contributed by atoms with E-state index in [4.69, 9.17) is 5.73 Å². The number of nitrogens with two attached hydrogens (primary N) is 1. The number of hydrogen-bond donors (Lipinski definition) is 1. The Hall–Kier alpha value is -0.0400. The SMILES string of the molecule is CCCCCCCCCCCCCCCCC(C)(N)CCC. The maximum atomic E-state index is 6.27. The van der Waals surface area contributed by atoms with Gasteiger partial charge in [-0.05, 0) is 19.8 Å². The third-order valence-electron chi connectivity index (χ3n) is 4.92. The predicted molar refractivity (Wildman–Crippen MR) is 102 cm³/mol. The van der Waals surface area contributed by atoms with E-state index in [1.54, 1.807) is 0 Å². The van der Waals surface area contributed by atoms with Crippen molar-refractivity contribution in [2.75, 3.05) is 0 Å². The fraction of sp³-hybridized carbons (Fsp3) is 1.00. The third-order valence-corrected chi connectivity index (χ3v) is 4.92. The van der Waals surface area contributed by atoms with Crippen LogP contribution >= 0.6 is 0 Å². The van der Waals surface area contributed by atoms with Crippen LogP contribution in [-0.2, 0) is 0 Å². The summed E-state index contributed by atoms with van der Waals surface area (Å²) in [6.07, 6.45) is 23.6. The van der Waals surface area contributed by atoms with Crippen molar-refractivity contribution in [3.05, 3.63) is 0 Å². The van der Waals surface area contributed by atoms with Crippen LogP contribution in [0.3, 0.4) is 0 Å². The van der Waals surface area contributed by atoms with Gasteiger partial charge in [0.1, 0.15) is 0 Å². The summed E-state index contributed by atoms with van der Waals surface area (Å²) >= 11 is 0. The molecule has 0 aliphatic rings. The van der Waals surface area contributed by atoms with Crippen molar-refractivity contribution in [3.8, 4) is 0 Å². The summed E-state index contributed by atoms with van der Waals surface area (Å²) in [5.41, 5.74) is 6.36. The smallest absolute Gasteiger partial charge is 0.0125 e. The molecule has 0 aliphatic heterocycles. The van der Waals surface area contributed by atoms with E-state index >= 15 is 0 Å². The number of unbranched alkanes of at least 4 members (excludes halogenated alkanes) is 13. The fourth-order valence-corrected chi connectivity index (χ4v) is 3.42. The molecule has 0 spiro atoms. The highest BCUT2D eigenvalue weighted by Crippen LogP contribution is 2.18. The minimum absolute atomic E-state index is 0.0892. The largest absolute Gasteiger partial charge is 0.325 e. The summed E-state index contributed by atoms with van der Waals surface area (Å²) in [4.78, 5) is 0. The molecule has 0 fully saturated rings. The van der Waals surface area contributed by atoms with Gasteiger partial charge in [-0.3, -0.25) is 0 Å². The van der Waals surface area contributed by atoms with Crippen molar-refractivity contribution in [2.24, 2.45) is 5.73 Å². The van der Waals surface area contributed by atoms with Crippen molar-refractivity contribution in [1.29, 1.82) is 0 Å². The summed E-state index contributed by atoms with van der Waals surface area (Å²) in [6, 6.07) is 0. The average Bonchev–Trinajstić information content (AvgIpc) is 2.47. The molecule has 1 atom stereocenters. The zero-order chi connectivity index (χ0) is 16.5. The summed E-state index contributed by atoms with van der Waals surface area (Å²) in [6.45, 7) is 6.74. The van der Waals surface area contributed by atoms with Gasteiger partial charge in [-0.2, -0.15) is 0 Å². The summed E-state index contributed by atoms with van der Waals surface area (Å²) in [7, 11) is 0. The molecule has 0 bridgehead atoms. The van der Waals surface area contributed by atoms with E-state index in [0.717, 1.165) is 0 Å². The monoisotopic (exact) mass is 311 g/mol. The van der Waals surface area contributed by atoms with Crippen LogP contribution in [0.4, 0.5) is 0 Å². The molecule has 134 valence electrons. The lowest BCUT2D eigenvalue weighted by molar-refractivity contribution is 0.376. The zero-order valence-corrected chi connectivity index (χ0v) is 16.1. The molecule has 1 nitrogen and oxygen atoms in total. The van der Waals surface area contributed by atoms with Crippen LogP contribution in [0.25, 0.3) is 0 Å². The van der Waals surface area contributed by atoms with Gasteiger partial charge in [-0.1, -0.05) is 110 Å². The summed E-state index contributed by atoms with van der Waals surface area (Å²) in [5.74, 6) is 0. The zero-order valence-electron chi connectivity index (χ0n) is 16.1. The van der Waals surface area contributed by atoms with E-state index in [9.17, 15) is 0 Å². The second kappa shape index (κ2) is 15.8. The van der Waals surface area contributed by atoms with Crippen molar-refractivity contribution < 1.29 is 0 Å². The van der Waals surface area contributed by atoms with Gasteiger partial charge in [0.15, 0.2) is 0 Å². The lowest BCUT2D eigenvalue weighted by atomic mass is 9.90. The molecule has 0 aromatic rings. The molecule has 2 N–H and O–H groups in total. The first-order valence-corrected chi connectivity index (χ1v) is 10.4. The molecule has 0 aromatic heterocycles. The minimum Gasteiger partial charge on any atom is -0.325 e. The highest BCUT2D eigenvalue weighted by atomic mass is 14.7. The predicted octanol–water partition coefficient (Wildman–Crippen LogP) is 7.38. The van der Waals surface area contributed by atoms with Crippen molar-refractivity contribution in [3.63, 3.8) is 0 Å². The minimum atomic E-state index is 0.0892. The van der Waals surface area contributed by atoms with Crippen molar-refractivity contribution in [2.45, 2.75) is 135 Å². The Morgan fingerprint density at radius 3 is 1.23 bits per heavy atom. The quantitative estimate of drug-likeness (QED) is 0.279. The lowest BCUT2D eigenvalue weighted by Crippen LogP contribution is -2.35. The first kappa shape index (κ1) is 22.0. The Bertz CT molecular complexity index is 210. The Morgan fingerprint density at radius 1 is 0.500 bits per heavy atom. The molecular formula is C21H45N. The Labute approximate surface area is 141 Å². The van der Waals surface area contributed by atoms with E-state index in [0.29, 0.717) is 0 Å². The average molecular weight is 312 g/mol. The normalized spacial score (nSPS) is 14.2. The highest BCUT2D eigenvalue weighted by molar-refractivity contribution is 4.77. The third kappa shape index (κ3) is 16.3. The van der Waals surface area contributed by atoms with Crippen LogP contribution in [0.5, 0.6) is 0 Å². The van der Waals surface area contributed by atoms with Crippen LogP contribution < -0.4 is 5.73 Å². The van der Waals surface area contributed by atoms with Gasteiger partial charge in [0, 0.05) is 5.54 Å². The lowest BCUT2D eigenvalue weighted by Gasteiger charge is -2.23. The summed E-state index contributed by atoms with van der Waals surface area (Å²) < 4.78 is 0. The molecular weight excluding hydrogens is 266 g/mol. The second-order valence-corrected chi connectivity index (χ2v) is 7.75. The van der Waals surface area contributed by atoms with E-state index < -0.39 is 0 Å². The molecule has 0 saturated carbocycles. The Balaban J connectivity index is 3.11. The van der Waals surface area contributed by atoms with Crippen LogP contribution in [0, 0.1) is 0 Å². The molecule has 0 saturated heterocycles. The summed E-state index contributed by atoms with van der Waals surface area (Å²) in [5, 5.41) is 0. The first-order chi connectivity index (χ1) is 10.6. The van der Waals surface area contributed by atoms with Gasteiger partial charge in [-0.15, -0.1) is 0 Å². The van der Waals surface area contributed by atoms with E-state index in [-0.39, 0.29) is 5.54 Å². The van der Waals surface area contributed by atoms with Crippen LogP contribution in [-0.4, -0.2) is 5.54 Å². The fourth-order valence-electron chi connectivity index (χ4n) is 3.42. The molecule has 0 amide bonds. The van der Waals surface area contributed by atoms with Crippen molar-refractivity contribution in [1.82, 2.24) is 0 Å². The Morgan fingerprint density at radius 2 is 0.864 bits per heavy atom. The van der Waals surface area contributed by atoms with Gasteiger partial charge in [0.05, 0.1) is 0 Å². The maximum absolute atomic E-state index is 6.27. The second-order valence-electron chi connectivity index (χ2n) is 7.75.